The highest BCUT2D eigenvalue weighted by Gasteiger charge is 2.32. The second-order valence-corrected chi connectivity index (χ2v) is 9.08. The van der Waals surface area contributed by atoms with Crippen molar-refractivity contribution >= 4 is 35.5 Å². The fourth-order valence-corrected chi connectivity index (χ4v) is 3.61. The van der Waals surface area contributed by atoms with Crippen molar-refractivity contribution in [3.63, 3.8) is 0 Å². The first kappa shape index (κ1) is 29.4. The van der Waals surface area contributed by atoms with E-state index in [9.17, 15) is 29.4 Å². The van der Waals surface area contributed by atoms with Crippen LogP contribution < -0.4 is 21.7 Å². The van der Waals surface area contributed by atoms with E-state index in [2.05, 4.69) is 16.0 Å². The van der Waals surface area contributed by atoms with Gasteiger partial charge in [0.15, 0.2) is 0 Å². The molecule has 0 aliphatic heterocycles. The third-order valence-corrected chi connectivity index (χ3v) is 6.12. The maximum Gasteiger partial charge on any atom is 0.326 e. The van der Waals surface area contributed by atoms with Crippen LogP contribution >= 0.6 is 11.8 Å². The van der Waals surface area contributed by atoms with Gasteiger partial charge < -0.3 is 31.9 Å². The molecule has 0 spiro atoms. The number of nitrogens with one attached hydrogen (secondary N) is 3. The number of nitrogens with two attached hydrogens (primary N) is 1. The van der Waals surface area contributed by atoms with Crippen molar-refractivity contribution < 1.29 is 29.4 Å². The third-order valence-electron chi connectivity index (χ3n) is 5.48. The molecule has 0 aliphatic rings. The van der Waals surface area contributed by atoms with E-state index in [1.54, 1.807) is 37.3 Å². The molecule has 190 valence electrons. The molecule has 11 heteroatoms. The van der Waals surface area contributed by atoms with Crippen molar-refractivity contribution in [2.75, 3.05) is 18.6 Å². The van der Waals surface area contributed by atoms with Crippen LogP contribution in [0.4, 0.5) is 0 Å². The van der Waals surface area contributed by atoms with Crippen molar-refractivity contribution in [2.24, 2.45) is 11.7 Å². The molecule has 1 aromatic carbocycles. The Labute approximate surface area is 204 Å². The number of aliphatic hydroxyl groups is 1. The molecule has 5 unspecified atom stereocenters. The Hall–Kier alpha value is -2.63. The summed E-state index contributed by atoms with van der Waals surface area (Å²) in [5.74, 6) is -2.88. The number of aliphatic hydroxyl groups excluding tert-OH is 1. The smallest absolute Gasteiger partial charge is 0.326 e. The van der Waals surface area contributed by atoms with E-state index < -0.39 is 54.5 Å². The van der Waals surface area contributed by atoms with E-state index in [4.69, 9.17) is 5.73 Å². The molecule has 34 heavy (non-hydrogen) atoms. The number of thioether (sulfide) groups is 1. The van der Waals surface area contributed by atoms with Crippen LogP contribution in [-0.4, -0.2) is 76.7 Å². The Bertz CT molecular complexity index is 810. The van der Waals surface area contributed by atoms with Gasteiger partial charge in [0.2, 0.25) is 17.7 Å². The van der Waals surface area contributed by atoms with E-state index in [-0.39, 0.29) is 12.3 Å². The summed E-state index contributed by atoms with van der Waals surface area (Å²) >= 11 is 1.53. The van der Waals surface area contributed by atoms with Crippen molar-refractivity contribution in [2.45, 2.75) is 57.3 Å². The molecule has 0 saturated carbocycles. The average Bonchev–Trinajstić information content (AvgIpc) is 2.83. The van der Waals surface area contributed by atoms with E-state index in [1.165, 1.54) is 11.8 Å². The number of carboxylic acid groups (broad SMARTS) is 1. The molecular weight excluding hydrogens is 460 g/mol. The molecule has 0 radical (unpaired) electrons. The summed E-state index contributed by atoms with van der Waals surface area (Å²) in [4.78, 5) is 49.7. The first-order valence-electron chi connectivity index (χ1n) is 11.2. The zero-order chi connectivity index (χ0) is 25.7. The van der Waals surface area contributed by atoms with E-state index in [1.807, 2.05) is 13.2 Å². The predicted octanol–water partition coefficient (Wildman–Crippen LogP) is -0.113. The van der Waals surface area contributed by atoms with Crippen LogP contribution in [0.15, 0.2) is 30.3 Å². The molecule has 1 rings (SSSR count). The quantitative estimate of drug-likeness (QED) is 0.195. The van der Waals surface area contributed by atoms with Crippen molar-refractivity contribution in [3.8, 4) is 0 Å². The van der Waals surface area contributed by atoms with Crippen LogP contribution in [-0.2, 0) is 25.6 Å². The topological polar surface area (TPSA) is 171 Å². The molecule has 0 heterocycles. The lowest BCUT2D eigenvalue weighted by Crippen LogP contribution is -2.59. The van der Waals surface area contributed by atoms with Gasteiger partial charge in [0.05, 0.1) is 12.6 Å². The maximum absolute atomic E-state index is 13.0. The van der Waals surface area contributed by atoms with Gasteiger partial charge in [-0.1, -0.05) is 50.6 Å². The number of carbonyl (C=O) groups is 4. The predicted molar refractivity (Wildman–Crippen MR) is 131 cm³/mol. The molecule has 0 aromatic heterocycles. The van der Waals surface area contributed by atoms with Crippen molar-refractivity contribution in [1.82, 2.24) is 16.0 Å². The van der Waals surface area contributed by atoms with Crippen LogP contribution in [0.2, 0.25) is 0 Å². The van der Waals surface area contributed by atoms with Gasteiger partial charge in [-0.05, 0) is 29.9 Å². The zero-order valence-electron chi connectivity index (χ0n) is 19.8. The largest absolute Gasteiger partial charge is 0.480 e. The fraction of sp³-hybridized carbons (Fsp3) is 0.565. The van der Waals surface area contributed by atoms with Crippen LogP contribution in [0, 0.1) is 5.92 Å². The number of hydrogen-bond acceptors (Lipinski definition) is 7. The lowest BCUT2D eigenvalue weighted by atomic mass is 9.97. The number of hydrogen-bond donors (Lipinski definition) is 6. The number of aliphatic carboxylic acids is 1. The van der Waals surface area contributed by atoms with E-state index in [0.29, 0.717) is 18.6 Å². The highest BCUT2D eigenvalue weighted by molar-refractivity contribution is 7.98. The second kappa shape index (κ2) is 15.3. The second-order valence-electron chi connectivity index (χ2n) is 8.09. The van der Waals surface area contributed by atoms with Gasteiger partial charge in [0.25, 0.3) is 0 Å². The minimum atomic E-state index is -1.30. The minimum Gasteiger partial charge on any atom is -0.480 e. The molecule has 7 N–H and O–H groups in total. The van der Waals surface area contributed by atoms with E-state index >= 15 is 0 Å². The number of carbonyl (C=O) groups excluding carboxylic acids is 3. The summed E-state index contributed by atoms with van der Waals surface area (Å²) in [6.45, 7) is 2.88. The number of amides is 3. The Morgan fingerprint density at radius 3 is 2.15 bits per heavy atom. The summed E-state index contributed by atoms with van der Waals surface area (Å²) in [7, 11) is 0. The summed E-state index contributed by atoms with van der Waals surface area (Å²) in [5, 5.41) is 26.7. The molecule has 0 fully saturated rings. The molecule has 5 atom stereocenters. The molecule has 0 bridgehead atoms. The molecule has 0 aliphatic carbocycles. The van der Waals surface area contributed by atoms with Crippen LogP contribution in [0.1, 0.15) is 32.3 Å². The summed E-state index contributed by atoms with van der Waals surface area (Å²) in [6.07, 6.45) is 2.88. The third kappa shape index (κ3) is 9.70. The SMILES string of the molecule is CCC(C)C(NC(=O)C(CO)NC(=O)C(N)CCSC)C(=O)NC(Cc1ccccc1)C(=O)O. The standard InChI is InChI=1S/C23H36N4O6S/c1-4-14(2)19(22(31)25-17(23(32)33)12-15-8-6-5-7-9-15)27-21(30)18(13-28)26-20(29)16(24)10-11-34-3/h5-9,14,16-19,28H,4,10-13,24H2,1-3H3,(H,25,31)(H,26,29)(H,27,30)(H,32,33). The lowest BCUT2D eigenvalue weighted by molar-refractivity contribution is -0.142. The molecule has 1 aromatic rings. The minimum absolute atomic E-state index is 0.0757. The van der Waals surface area contributed by atoms with E-state index in [0.717, 1.165) is 5.56 Å². The number of benzene rings is 1. The van der Waals surface area contributed by atoms with Gasteiger partial charge in [0, 0.05) is 6.42 Å². The lowest BCUT2D eigenvalue weighted by Gasteiger charge is -2.27. The Kier molecular flexibility index (Phi) is 13.2. The maximum atomic E-state index is 13.0. The molecule has 3 amide bonds. The zero-order valence-corrected chi connectivity index (χ0v) is 20.6. The fourth-order valence-electron chi connectivity index (χ4n) is 3.12. The van der Waals surface area contributed by atoms with Crippen molar-refractivity contribution in [1.29, 1.82) is 0 Å². The van der Waals surface area contributed by atoms with Gasteiger partial charge in [-0.15, -0.1) is 0 Å². The molecule has 0 saturated heterocycles. The normalized spacial score (nSPS) is 15.3. The van der Waals surface area contributed by atoms with Gasteiger partial charge >= 0.3 is 5.97 Å². The Morgan fingerprint density at radius 2 is 1.62 bits per heavy atom. The summed E-state index contributed by atoms with van der Waals surface area (Å²) in [5.41, 5.74) is 6.55. The molecule has 10 nitrogen and oxygen atoms in total. The van der Waals surface area contributed by atoms with Crippen LogP contribution in [0.5, 0.6) is 0 Å². The Balaban J connectivity index is 2.89. The van der Waals surface area contributed by atoms with Gasteiger partial charge in [0.1, 0.15) is 18.1 Å². The van der Waals surface area contributed by atoms with Gasteiger partial charge in [-0.2, -0.15) is 11.8 Å². The van der Waals surface area contributed by atoms with Gasteiger partial charge in [-0.25, -0.2) is 4.79 Å². The Morgan fingerprint density at radius 1 is 1.00 bits per heavy atom. The van der Waals surface area contributed by atoms with Gasteiger partial charge in [-0.3, -0.25) is 14.4 Å². The first-order chi connectivity index (χ1) is 16.1. The highest BCUT2D eigenvalue weighted by atomic mass is 32.2. The van der Waals surface area contributed by atoms with Crippen LogP contribution in [0.3, 0.4) is 0 Å². The summed E-state index contributed by atoms with van der Waals surface area (Å²) < 4.78 is 0. The number of rotatable bonds is 15. The first-order valence-corrected chi connectivity index (χ1v) is 12.6. The average molecular weight is 497 g/mol. The monoisotopic (exact) mass is 496 g/mol. The summed E-state index contributed by atoms with van der Waals surface area (Å²) in [6, 6.07) is 4.47. The van der Waals surface area contributed by atoms with Crippen molar-refractivity contribution in [3.05, 3.63) is 35.9 Å². The molecular formula is C23H36N4O6S. The van der Waals surface area contributed by atoms with Crippen LogP contribution in [0.25, 0.3) is 0 Å². The number of carboxylic acids is 1. The highest BCUT2D eigenvalue weighted by Crippen LogP contribution is 2.10.